The van der Waals surface area contributed by atoms with E-state index in [1.54, 1.807) is 5.38 Å². The molecule has 4 N–H and O–H groups in total. The van der Waals surface area contributed by atoms with E-state index in [1.807, 2.05) is 30.3 Å². The third-order valence-electron chi connectivity index (χ3n) is 4.49. The molecule has 0 radical (unpaired) electrons. The first-order chi connectivity index (χ1) is 13.1. The standard InChI is InChI=1S/C19H25N5O2S/c20-9-6-18-23-16(13-27-18)19(26)22-15-7-10-24(11-8-15)12-17(25)21-14-4-2-1-3-5-14/h1-5,13,15H,6-12,20H2,(H,21,25)(H,22,26). The summed E-state index contributed by atoms with van der Waals surface area (Å²) in [5, 5.41) is 8.62. The minimum Gasteiger partial charge on any atom is -0.348 e. The van der Waals surface area contributed by atoms with E-state index in [0.717, 1.165) is 36.6 Å². The lowest BCUT2D eigenvalue weighted by Crippen LogP contribution is -2.46. The van der Waals surface area contributed by atoms with Gasteiger partial charge in [-0.15, -0.1) is 11.3 Å². The van der Waals surface area contributed by atoms with Crippen molar-refractivity contribution in [2.24, 2.45) is 5.73 Å². The van der Waals surface area contributed by atoms with Crippen LogP contribution in [0.5, 0.6) is 0 Å². The van der Waals surface area contributed by atoms with Crippen molar-refractivity contribution in [1.29, 1.82) is 0 Å². The summed E-state index contributed by atoms with van der Waals surface area (Å²) >= 11 is 1.47. The summed E-state index contributed by atoms with van der Waals surface area (Å²) in [6.07, 6.45) is 2.34. The van der Waals surface area contributed by atoms with Crippen LogP contribution in [0.4, 0.5) is 5.69 Å². The third kappa shape index (κ3) is 5.85. The largest absolute Gasteiger partial charge is 0.348 e. The number of carbonyl (C=O) groups is 2. The smallest absolute Gasteiger partial charge is 0.270 e. The fourth-order valence-corrected chi connectivity index (χ4v) is 3.87. The average Bonchev–Trinajstić information content (AvgIpc) is 3.13. The molecule has 7 nitrogen and oxygen atoms in total. The monoisotopic (exact) mass is 387 g/mol. The SMILES string of the molecule is NCCc1nc(C(=O)NC2CCN(CC(=O)Nc3ccccc3)CC2)cs1. The van der Waals surface area contributed by atoms with Crippen LogP contribution in [0.15, 0.2) is 35.7 Å². The molecule has 1 aliphatic rings. The van der Waals surface area contributed by atoms with Crippen molar-refractivity contribution < 1.29 is 9.59 Å². The van der Waals surface area contributed by atoms with Crippen LogP contribution < -0.4 is 16.4 Å². The van der Waals surface area contributed by atoms with Crippen molar-refractivity contribution >= 4 is 28.8 Å². The molecule has 0 atom stereocenters. The molecular weight excluding hydrogens is 362 g/mol. The van der Waals surface area contributed by atoms with Crippen LogP contribution in [0.2, 0.25) is 0 Å². The summed E-state index contributed by atoms with van der Waals surface area (Å²) in [4.78, 5) is 30.9. The Hall–Kier alpha value is -2.29. The summed E-state index contributed by atoms with van der Waals surface area (Å²) < 4.78 is 0. The number of benzene rings is 1. The first-order valence-electron chi connectivity index (χ1n) is 9.16. The van der Waals surface area contributed by atoms with E-state index >= 15 is 0 Å². The van der Waals surface area contributed by atoms with E-state index in [0.29, 0.717) is 25.2 Å². The Morgan fingerprint density at radius 2 is 1.96 bits per heavy atom. The number of rotatable bonds is 7. The minimum atomic E-state index is -0.130. The second-order valence-corrected chi connectivity index (χ2v) is 7.55. The highest BCUT2D eigenvalue weighted by Gasteiger charge is 2.23. The average molecular weight is 388 g/mol. The van der Waals surface area contributed by atoms with Crippen LogP contribution >= 0.6 is 11.3 Å². The van der Waals surface area contributed by atoms with Gasteiger partial charge in [-0.1, -0.05) is 18.2 Å². The zero-order chi connectivity index (χ0) is 19.1. The molecule has 0 bridgehead atoms. The van der Waals surface area contributed by atoms with Crippen molar-refractivity contribution in [3.8, 4) is 0 Å². The van der Waals surface area contributed by atoms with Crippen molar-refractivity contribution in [1.82, 2.24) is 15.2 Å². The highest BCUT2D eigenvalue weighted by molar-refractivity contribution is 7.09. The number of para-hydroxylation sites is 1. The van der Waals surface area contributed by atoms with Crippen LogP contribution in [0.1, 0.15) is 28.3 Å². The lowest BCUT2D eigenvalue weighted by Gasteiger charge is -2.31. The van der Waals surface area contributed by atoms with Gasteiger partial charge in [-0.25, -0.2) is 4.98 Å². The number of piperidine rings is 1. The molecule has 0 spiro atoms. The fraction of sp³-hybridized carbons (Fsp3) is 0.421. The number of hydrogen-bond acceptors (Lipinski definition) is 6. The number of nitrogens with zero attached hydrogens (tertiary/aromatic N) is 2. The zero-order valence-corrected chi connectivity index (χ0v) is 16.0. The highest BCUT2D eigenvalue weighted by Crippen LogP contribution is 2.14. The second-order valence-electron chi connectivity index (χ2n) is 6.60. The quantitative estimate of drug-likeness (QED) is 0.668. The maximum atomic E-state index is 12.3. The van der Waals surface area contributed by atoms with Gasteiger partial charge >= 0.3 is 0 Å². The maximum Gasteiger partial charge on any atom is 0.270 e. The minimum absolute atomic E-state index is 0.0152. The number of thiazole rings is 1. The van der Waals surface area contributed by atoms with Gasteiger partial charge in [0.05, 0.1) is 11.6 Å². The van der Waals surface area contributed by atoms with Gasteiger partial charge in [-0.3, -0.25) is 14.5 Å². The topological polar surface area (TPSA) is 100 Å². The molecule has 1 aliphatic heterocycles. The molecule has 0 aliphatic carbocycles. The van der Waals surface area contributed by atoms with Crippen molar-refractivity contribution in [2.75, 3.05) is 31.5 Å². The Kier molecular flexibility index (Phi) is 6.92. The van der Waals surface area contributed by atoms with E-state index in [-0.39, 0.29) is 17.9 Å². The predicted octanol–water partition coefficient (Wildman–Crippen LogP) is 1.48. The Morgan fingerprint density at radius 3 is 2.67 bits per heavy atom. The third-order valence-corrected chi connectivity index (χ3v) is 5.40. The number of aromatic nitrogens is 1. The summed E-state index contributed by atoms with van der Waals surface area (Å²) in [6, 6.07) is 9.56. The fourth-order valence-electron chi connectivity index (χ4n) is 3.07. The summed E-state index contributed by atoms with van der Waals surface area (Å²) in [5.74, 6) is -0.145. The number of nitrogens with two attached hydrogens (primary N) is 1. The summed E-state index contributed by atoms with van der Waals surface area (Å²) in [6.45, 7) is 2.46. The second kappa shape index (κ2) is 9.59. The van der Waals surface area contributed by atoms with Crippen LogP contribution in [0.25, 0.3) is 0 Å². The molecule has 2 aromatic rings. The highest BCUT2D eigenvalue weighted by atomic mass is 32.1. The molecule has 8 heteroatoms. The van der Waals surface area contributed by atoms with Crippen molar-refractivity contribution in [3.05, 3.63) is 46.4 Å². The molecule has 3 rings (SSSR count). The van der Waals surface area contributed by atoms with Gasteiger partial charge in [0.2, 0.25) is 5.91 Å². The molecule has 1 saturated heterocycles. The van der Waals surface area contributed by atoms with Crippen LogP contribution in [0.3, 0.4) is 0 Å². The van der Waals surface area contributed by atoms with Crippen molar-refractivity contribution in [3.63, 3.8) is 0 Å². The van der Waals surface area contributed by atoms with Gasteiger partial charge in [0.15, 0.2) is 0 Å². The van der Waals surface area contributed by atoms with E-state index in [9.17, 15) is 9.59 Å². The van der Waals surface area contributed by atoms with Gasteiger partial charge in [0, 0.05) is 36.6 Å². The molecule has 1 fully saturated rings. The van der Waals surface area contributed by atoms with Gasteiger partial charge in [-0.05, 0) is 31.5 Å². The summed E-state index contributed by atoms with van der Waals surface area (Å²) in [7, 11) is 0. The molecule has 0 unspecified atom stereocenters. The van der Waals surface area contributed by atoms with Gasteiger partial charge < -0.3 is 16.4 Å². The molecule has 2 amide bonds. The Labute approximate surface area is 163 Å². The van der Waals surface area contributed by atoms with E-state index in [4.69, 9.17) is 5.73 Å². The van der Waals surface area contributed by atoms with E-state index in [1.165, 1.54) is 11.3 Å². The number of hydrogen-bond donors (Lipinski definition) is 3. The number of amides is 2. The first-order valence-corrected chi connectivity index (χ1v) is 10.0. The molecule has 2 heterocycles. The van der Waals surface area contributed by atoms with E-state index < -0.39 is 0 Å². The Morgan fingerprint density at radius 1 is 1.22 bits per heavy atom. The van der Waals surface area contributed by atoms with Crippen LogP contribution in [-0.2, 0) is 11.2 Å². The lowest BCUT2D eigenvalue weighted by molar-refractivity contribution is -0.117. The first kappa shape index (κ1) is 19.5. The summed E-state index contributed by atoms with van der Waals surface area (Å²) in [5.41, 5.74) is 6.79. The Bertz CT molecular complexity index is 756. The van der Waals surface area contributed by atoms with Crippen molar-refractivity contribution in [2.45, 2.75) is 25.3 Å². The van der Waals surface area contributed by atoms with Gasteiger partial charge in [-0.2, -0.15) is 0 Å². The number of anilines is 1. The Balaban J connectivity index is 1.40. The number of likely N-dealkylation sites (tertiary alicyclic amines) is 1. The number of carbonyl (C=O) groups excluding carboxylic acids is 2. The van der Waals surface area contributed by atoms with E-state index in [2.05, 4.69) is 20.5 Å². The molecule has 1 aromatic carbocycles. The molecule has 144 valence electrons. The molecule has 0 saturated carbocycles. The van der Waals surface area contributed by atoms with Crippen LogP contribution in [-0.4, -0.2) is 53.9 Å². The van der Waals surface area contributed by atoms with Gasteiger partial charge in [0.25, 0.3) is 5.91 Å². The zero-order valence-electron chi connectivity index (χ0n) is 15.2. The molecular formula is C19H25N5O2S. The number of nitrogens with one attached hydrogen (secondary N) is 2. The molecule has 27 heavy (non-hydrogen) atoms. The maximum absolute atomic E-state index is 12.3. The lowest BCUT2D eigenvalue weighted by atomic mass is 10.0. The van der Waals surface area contributed by atoms with Gasteiger partial charge in [0.1, 0.15) is 5.69 Å². The predicted molar refractivity (Wildman–Crippen MR) is 107 cm³/mol. The molecule has 1 aromatic heterocycles. The van der Waals surface area contributed by atoms with Crippen LogP contribution in [0, 0.1) is 0 Å². The normalized spacial score (nSPS) is 15.4.